The fourth-order valence-electron chi connectivity index (χ4n) is 1.51. The van der Waals surface area contributed by atoms with Crippen LogP contribution in [0.15, 0.2) is 30.5 Å². The van der Waals surface area contributed by atoms with Gasteiger partial charge < -0.3 is 9.84 Å². The number of rotatable bonds is 4. The Labute approximate surface area is 104 Å². The van der Waals surface area contributed by atoms with E-state index >= 15 is 0 Å². The molecule has 0 atom stereocenters. The summed E-state index contributed by atoms with van der Waals surface area (Å²) < 4.78 is 6.21. The van der Waals surface area contributed by atoms with Crippen LogP contribution < -0.4 is 0 Å². The van der Waals surface area contributed by atoms with Crippen LogP contribution in [-0.2, 0) is 16.1 Å². The molecule has 0 radical (unpaired) electrons. The van der Waals surface area contributed by atoms with Gasteiger partial charge in [-0.15, -0.1) is 5.10 Å². The van der Waals surface area contributed by atoms with E-state index in [1.807, 2.05) is 0 Å². The fourth-order valence-corrected chi connectivity index (χ4v) is 1.51. The van der Waals surface area contributed by atoms with Crippen LogP contribution in [0, 0.1) is 0 Å². The molecule has 1 aromatic heterocycles. The van der Waals surface area contributed by atoms with Crippen LogP contribution in [0.4, 0.5) is 0 Å². The third-order valence-corrected chi connectivity index (χ3v) is 2.28. The molecule has 1 N–H and O–H groups in total. The highest BCUT2D eigenvalue weighted by atomic mass is 16.5. The number of esters is 1. The molecule has 0 saturated carbocycles. The largest absolute Gasteiger partial charge is 0.508 e. The summed E-state index contributed by atoms with van der Waals surface area (Å²) in [4.78, 5) is 11.3. The van der Waals surface area contributed by atoms with Gasteiger partial charge >= 0.3 is 5.97 Å². The van der Waals surface area contributed by atoms with Gasteiger partial charge in [0.1, 0.15) is 18.0 Å². The lowest BCUT2D eigenvalue weighted by Crippen LogP contribution is -2.13. The Morgan fingerprint density at radius 3 is 3.06 bits per heavy atom. The van der Waals surface area contributed by atoms with E-state index in [1.165, 1.54) is 4.68 Å². The van der Waals surface area contributed by atoms with Crippen LogP contribution in [0.2, 0.25) is 0 Å². The SMILES string of the molecule is CCOC(=O)Cn1cc(-c2cccc(O)c2)nn1. The highest BCUT2D eigenvalue weighted by Crippen LogP contribution is 2.20. The van der Waals surface area contributed by atoms with Gasteiger partial charge in [-0.2, -0.15) is 0 Å². The van der Waals surface area contributed by atoms with E-state index < -0.39 is 0 Å². The molecule has 0 bridgehead atoms. The fraction of sp³-hybridized carbons (Fsp3) is 0.250. The van der Waals surface area contributed by atoms with Gasteiger partial charge in [0.25, 0.3) is 0 Å². The average molecular weight is 247 g/mol. The van der Waals surface area contributed by atoms with Crippen molar-refractivity contribution in [3.05, 3.63) is 30.5 Å². The van der Waals surface area contributed by atoms with E-state index in [-0.39, 0.29) is 18.3 Å². The van der Waals surface area contributed by atoms with Gasteiger partial charge in [0.15, 0.2) is 0 Å². The minimum atomic E-state index is -0.357. The summed E-state index contributed by atoms with van der Waals surface area (Å²) >= 11 is 0. The summed E-state index contributed by atoms with van der Waals surface area (Å²) in [5, 5.41) is 17.1. The maximum Gasteiger partial charge on any atom is 0.327 e. The van der Waals surface area contributed by atoms with Crippen LogP contribution >= 0.6 is 0 Å². The van der Waals surface area contributed by atoms with Crippen molar-refractivity contribution in [1.29, 1.82) is 0 Å². The summed E-state index contributed by atoms with van der Waals surface area (Å²) in [6.45, 7) is 2.12. The Bertz CT molecular complexity index is 551. The second-order valence-corrected chi connectivity index (χ2v) is 3.66. The van der Waals surface area contributed by atoms with Crippen LogP contribution in [-0.4, -0.2) is 32.7 Å². The van der Waals surface area contributed by atoms with Gasteiger partial charge in [0, 0.05) is 5.56 Å². The first-order valence-corrected chi connectivity index (χ1v) is 5.54. The zero-order valence-electron chi connectivity index (χ0n) is 9.91. The lowest BCUT2D eigenvalue weighted by molar-refractivity contribution is -0.144. The summed E-state index contributed by atoms with van der Waals surface area (Å²) in [6.07, 6.45) is 1.63. The van der Waals surface area contributed by atoms with Crippen molar-refractivity contribution in [3.63, 3.8) is 0 Å². The molecule has 0 fully saturated rings. The second-order valence-electron chi connectivity index (χ2n) is 3.66. The predicted octanol–water partition coefficient (Wildman–Crippen LogP) is 1.21. The van der Waals surface area contributed by atoms with Crippen LogP contribution in [0.1, 0.15) is 6.92 Å². The maximum atomic E-state index is 11.3. The van der Waals surface area contributed by atoms with Crippen molar-refractivity contribution in [2.45, 2.75) is 13.5 Å². The number of carbonyl (C=O) groups is 1. The molecule has 0 unspecified atom stereocenters. The number of nitrogens with zero attached hydrogens (tertiary/aromatic N) is 3. The molecular weight excluding hydrogens is 234 g/mol. The predicted molar refractivity (Wildman–Crippen MR) is 63.8 cm³/mol. The summed E-state index contributed by atoms with van der Waals surface area (Å²) in [5.74, 6) is -0.197. The van der Waals surface area contributed by atoms with Crippen LogP contribution in [0.25, 0.3) is 11.3 Å². The Hall–Kier alpha value is -2.37. The first-order valence-electron chi connectivity index (χ1n) is 5.54. The van der Waals surface area contributed by atoms with Gasteiger partial charge in [-0.25, -0.2) is 4.68 Å². The number of aromatic nitrogens is 3. The number of benzene rings is 1. The Kier molecular flexibility index (Phi) is 3.57. The molecule has 2 rings (SSSR count). The summed E-state index contributed by atoms with van der Waals surface area (Å²) in [7, 11) is 0. The first kappa shape index (κ1) is 12.1. The summed E-state index contributed by atoms with van der Waals surface area (Å²) in [5.41, 5.74) is 1.33. The monoisotopic (exact) mass is 247 g/mol. The lowest BCUT2D eigenvalue weighted by Gasteiger charge is -2.00. The van der Waals surface area contributed by atoms with Gasteiger partial charge in [-0.3, -0.25) is 4.79 Å². The van der Waals surface area contributed by atoms with Gasteiger partial charge in [0.05, 0.1) is 12.8 Å². The molecule has 6 nitrogen and oxygen atoms in total. The molecule has 1 aromatic carbocycles. The van der Waals surface area contributed by atoms with Crippen LogP contribution in [0.5, 0.6) is 5.75 Å². The normalized spacial score (nSPS) is 10.3. The number of ether oxygens (including phenoxy) is 1. The highest BCUT2D eigenvalue weighted by Gasteiger charge is 2.08. The molecule has 6 heteroatoms. The maximum absolute atomic E-state index is 11.3. The lowest BCUT2D eigenvalue weighted by atomic mass is 10.1. The van der Waals surface area contributed by atoms with Gasteiger partial charge in [-0.1, -0.05) is 17.3 Å². The van der Waals surface area contributed by atoms with Crippen molar-refractivity contribution in [1.82, 2.24) is 15.0 Å². The number of aromatic hydroxyl groups is 1. The van der Waals surface area contributed by atoms with Crippen molar-refractivity contribution >= 4 is 5.97 Å². The molecule has 0 amide bonds. The van der Waals surface area contributed by atoms with E-state index in [4.69, 9.17) is 4.74 Å². The average Bonchev–Trinajstić information content (AvgIpc) is 2.78. The Balaban J connectivity index is 2.13. The van der Waals surface area contributed by atoms with Gasteiger partial charge in [0.2, 0.25) is 0 Å². The Morgan fingerprint density at radius 2 is 2.33 bits per heavy atom. The zero-order chi connectivity index (χ0) is 13.0. The van der Waals surface area contributed by atoms with Crippen molar-refractivity contribution in [2.75, 3.05) is 6.61 Å². The Morgan fingerprint density at radius 1 is 1.50 bits per heavy atom. The third-order valence-electron chi connectivity index (χ3n) is 2.28. The molecule has 0 aliphatic rings. The second kappa shape index (κ2) is 5.31. The highest BCUT2D eigenvalue weighted by molar-refractivity contribution is 5.69. The molecule has 94 valence electrons. The molecule has 2 aromatic rings. The molecular formula is C12H13N3O3. The minimum absolute atomic E-state index is 0.0274. The van der Waals surface area contributed by atoms with E-state index in [2.05, 4.69) is 10.3 Å². The van der Waals surface area contributed by atoms with Crippen molar-refractivity contribution in [2.24, 2.45) is 0 Å². The molecule has 18 heavy (non-hydrogen) atoms. The first-order chi connectivity index (χ1) is 8.69. The number of hydrogen-bond donors (Lipinski definition) is 1. The molecule has 0 spiro atoms. The number of carbonyl (C=O) groups excluding carboxylic acids is 1. The van der Waals surface area contributed by atoms with Crippen molar-refractivity contribution < 1.29 is 14.6 Å². The minimum Gasteiger partial charge on any atom is -0.508 e. The van der Waals surface area contributed by atoms with E-state index in [0.717, 1.165) is 5.56 Å². The standard InChI is InChI=1S/C12H13N3O3/c1-2-18-12(17)8-15-7-11(13-14-15)9-4-3-5-10(16)6-9/h3-7,16H,2,8H2,1H3. The smallest absolute Gasteiger partial charge is 0.327 e. The molecule has 1 heterocycles. The number of phenols is 1. The van der Waals surface area contributed by atoms with E-state index in [1.54, 1.807) is 37.4 Å². The quantitative estimate of drug-likeness (QED) is 0.822. The van der Waals surface area contributed by atoms with Gasteiger partial charge in [-0.05, 0) is 19.1 Å². The van der Waals surface area contributed by atoms with E-state index in [0.29, 0.717) is 12.3 Å². The third kappa shape index (κ3) is 2.85. The van der Waals surface area contributed by atoms with Crippen LogP contribution in [0.3, 0.4) is 0 Å². The number of hydrogen-bond acceptors (Lipinski definition) is 5. The van der Waals surface area contributed by atoms with Crippen molar-refractivity contribution in [3.8, 4) is 17.0 Å². The topological polar surface area (TPSA) is 77.2 Å². The molecule has 0 aliphatic carbocycles. The zero-order valence-corrected chi connectivity index (χ0v) is 9.91. The molecule has 0 saturated heterocycles. The number of phenolic OH excluding ortho intramolecular Hbond substituents is 1. The molecule has 0 aliphatic heterocycles. The van der Waals surface area contributed by atoms with E-state index in [9.17, 15) is 9.90 Å². The summed E-state index contributed by atoms with van der Waals surface area (Å²) in [6, 6.07) is 6.68.